The number of aliphatic hydroxyl groups excluding tert-OH is 1. The van der Waals surface area contributed by atoms with Crippen molar-refractivity contribution >= 4 is 81.9 Å². The summed E-state index contributed by atoms with van der Waals surface area (Å²) in [6.45, 7) is 0.739. The SMILES string of the molecule is CC(=O)O.[2H]C([2H])([2H])C([2H])([2H])NC(=O)[C@@H]1CCCN1C(=O)C(CCCN=C(N)N)NC(=O)[C@H](CC(C)C)NC(=O)[C@@H](CC(C)C)NC(=O)C(Cc1ccc(O)cc1)NC(=O)[C@H](CO)NC(=O)[C@H](Cc1c[nH]c2ccccc12)NC(=O)[C@H](Cc1cnc[nH]1)NC(=O)C1CCC(=O)N1. The Morgan fingerprint density at radius 1 is 0.736 bits per heavy atom. The molecule has 0 aliphatic carbocycles. The largest absolute Gasteiger partial charge is 0.508 e. The van der Waals surface area contributed by atoms with Crippen molar-refractivity contribution in [2.24, 2.45) is 28.3 Å². The van der Waals surface area contributed by atoms with Gasteiger partial charge in [-0.15, -0.1) is 0 Å². The minimum Gasteiger partial charge on any atom is -0.508 e. The van der Waals surface area contributed by atoms with Crippen LogP contribution in [0.3, 0.4) is 0 Å². The second-order valence-electron chi connectivity index (χ2n) is 23.0. The van der Waals surface area contributed by atoms with E-state index in [0.717, 1.165) is 11.8 Å². The molecule has 18 N–H and O–H groups in total. The highest BCUT2D eigenvalue weighted by Gasteiger charge is 2.40. The summed E-state index contributed by atoms with van der Waals surface area (Å²) in [5, 5.41) is 52.1. The van der Waals surface area contributed by atoms with Crippen molar-refractivity contribution in [1.82, 2.24) is 67.7 Å². The van der Waals surface area contributed by atoms with Gasteiger partial charge in [0.1, 0.15) is 60.1 Å². The van der Waals surface area contributed by atoms with Crippen molar-refractivity contribution in [3.05, 3.63) is 84.1 Å². The predicted octanol–water partition coefficient (Wildman–Crippen LogP) is -1.35. The number of carbonyl (C=O) groups excluding carboxylic acids is 10. The first-order valence-electron chi connectivity index (χ1n) is 32.4. The molecule has 2 aromatic carbocycles. The van der Waals surface area contributed by atoms with Crippen molar-refractivity contribution in [2.45, 2.75) is 166 Å². The van der Waals surface area contributed by atoms with Crippen LogP contribution in [0.15, 0.2) is 72.2 Å². The number of imidazole rings is 1. The number of aromatic hydroxyl groups is 1. The standard InChI is InChI=1S/C59H84N16O12.C2H4O2/c1-6-63-57(86)48-14-10-22-75(48)58(87)41(13-9-21-64-59(60)61)68-51(80)42(23-32(2)3)69-52(81)43(24-33(4)5)70-53(82)44(25-34-15-17-37(77)18-16-34)71-56(85)47(30-76)74-54(83)45(26-35-28-65-39-12-8-7-11-38(35)39)72-55(84)46(27-36-29-62-31-66-36)73-50(79)40-19-20-49(78)67-40;1-2(3)4/h7-8,11-12,15-18,28-29,31-33,40-48,65,76-77H,6,9-10,13-14,19-27,30H2,1-5H3,(H,62,66)(H,63,86)(H,67,78)(H,68,80)(H,69,81)(H,70,82)(H,71,85)(H,72,84)(H,73,79)(H,74,83)(H4,60,61,64);1H3,(H,3,4)/t40?,41?,42-,43+,44?,45-,46-,47-,48-;/m0./s1/i1D3,6D2;. The van der Waals surface area contributed by atoms with Crippen molar-refractivity contribution in [3.63, 3.8) is 0 Å². The van der Waals surface area contributed by atoms with Gasteiger partial charge < -0.3 is 89.5 Å². The number of hydrogen-bond donors (Lipinski definition) is 16. The number of carbonyl (C=O) groups is 11. The molecule has 0 bridgehead atoms. The van der Waals surface area contributed by atoms with Gasteiger partial charge in [-0.25, -0.2) is 4.98 Å². The number of carboxylic acids is 1. The summed E-state index contributed by atoms with van der Waals surface area (Å²) in [7, 11) is 0. The molecule has 2 aliphatic heterocycles. The van der Waals surface area contributed by atoms with Crippen molar-refractivity contribution in [3.8, 4) is 5.75 Å². The molecular formula is C61H88N16O14. The minimum absolute atomic E-state index is 0.00244. The Morgan fingerprint density at radius 2 is 1.30 bits per heavy atom. The first-order valence-corrected chi connectivity index (χ1v) is 29.9. The quantitative estimate of drug-likeness (QED) is 0.0153. The van der Waals surface area contributed by atoms with E-state index in [4.69, 9.17) is 28.2 Å². The average molecular weight is 1270 g/mol. The maximum Gasteiger partial charge on any atom is 0.300 e. The molecule has 3 unspecified atom stereocenters. The van der Waals surface area contributed by atoms with Crippen LogP contribution in [0.4, 0.5) is 0 Å². The van der Waals surface area contributed by atoms with Gasteiger partial charge in [0.2, 0.25) is 59.1 Å². The number of aromatic nitrogens is 3. The second-order valence-corrected chi connectivity index (χ2v) is 23.0. The summed E-state index contributed by atoms with van der Waals surface area (Å²) in [6, 6.07) is 0.220. The van der Waals surface area contributed by atoms with E-state index in [0.29, 0.717) is 27.7 Å². The highest BCUT2D eigenvalue weighted by molar-refractivity contribution is 5.99. The Bertz CT molecular complexity index is 3380. The summed E-state index contributed by atoms with van der Waals surface area (Å²) >= 11 is 0. The second kappa shape index (κ2) is 35.5. The lowest BCUT2D eigenvalue weighted by atomic mass is 9.98. The zero-order valence-corrected chi connectivity index (χ0v) is 51.4. The summed E-state index contributed by atoms with van der Waals surface area (Å²) < 4.78 is 38.6. The Balaban J connectivity index is 0.00000405. The molecule has 0 saturated carbocycles. The number of nitrogens with two attached hydrogens (primary N) is 2. The number of hydrogen-bond acceptors (Lipinski definition) is 15. The molecule has 4 heterocycles. The number of guanidine groups is 1. The van der Waals surface area contributed by atoms with Gasteiger partial charge in [0.05, 0.1) is 12.9 Å². The number of para-hydroxylation sites is 1. The Labute approximate surface area is 533 Å². The topological polar surface area (TPSA) is 469 Å². The predicted molar refractivity (Wildman–Crippen MR) is 333 cm³/mol. The van der Waals surface area contributed by atoms with E-state index >= 15 is 0 Å². The number of amides is 10. The molecule has 6 rings (SSSR count). The summed E-state index contributed by atoms with van der Waals surface area (Å²) in [4.78, 5) is 165. The zero-order chi connectivity index (χ0) is 71.2. The number of nitrogens with one attached hydrogen (secondary N) is 11. The van der Waals surface area contributed by atoms with E-state index in [1.165, 1.54) is 36.8 Å². The highest BCUT2D eigenvalue weighted by Crippen LogP contribution is 2.22. The molecule has 9 atom stereocenters. The molecule has 2 aromatic heterocycles. The van der Waals surface area contributed by atoms with E-state index < -0.39 is 133 Å². The third kappa shape index (κ3) is 23.1. The lowest BCUT2D eigenvalue weighted by Gasteiger charge is -2.31. The van der Waals surface area contributed by atoms with Gasteiger partial charge in [-0.1, -0.05) is 58.0 Å². The number of likely N-dealkylation sites (N-methyl/N-ethyl adjacent to an activating group) is 1. The molecule has 30 nitrogen and oxygen atoms in total. The van der Waals surface area contributed by atoms with Crippen LogP contribution < -0.4 is 59.3 Å². The minimum atomic E-state index is -3.24. The number of nitrogens with zero attached hydrogens (tertiary/aromatic N) is 3. The number of fused-ring (bicyclic) bond motifs is 1. The number of likely N-dealkylation sites (tertiary alicyclic amines) is 1. The van der Waals surface area contributed by atoms with Crippen molar-refractivity contribution in [1.29, 1.82) is 0 Å². The number of carboxylic acid groups (broad SMARTS) is 1. The third-order valence-electron chi connectivity index (χ3n) is 14.7. The van der Waals surface area contributed by atoms with Gasteiger partial charge in [-0.2, -0.15) is 0 Å². The lowest BCUT2D eigenvalue weighted by molar-refractivity contribution is -0.142. The Morgan fingerprint density at radius 3 is 1.86 bits per heavy atom. The molecule has 30 heteroatoms. The fourth-order valence-corrected chi connectivity index (χ4v) is 10.4. The fraction of sp³-hybridized carbons (Fsp3) is 0.525. The van der Waals surface area contributed by atoms with Gasteiger partial charge >= 0.3 is 0 Å². The van der Waals surface area contributed by atoms with Gasteiger partial charge in [0, 0.05) is 88.0 Å². The van der Waals surface area contributed by atoms with Crippen molar-refractivity contribution in [2.75, 3.05) is 26.2 Å². The molecule has 2 saturated heterocycles. The van der Waals surface area contributed by atoms with Crippen LogP contribution in [0.25, 0.3) is 10.9 Å². The molecule has 0 radical (unpaired) electrons. The van der Waals surface area contributed by atoms with Crippen LogP contribution in [0.2, 0.25) is 0 Å². The smallest absolute Gasteiger partial charge is 0.300 e. The normalized spacial score (nSPS) is 17.8. The van der Waals surface area contributed by atoms with Gasteiger partial charge in [0.25, 0.3) is 5.97 Å². The van der Waals surface area contributed by atoms with Crippen LogP contribution in [0.5, 0.6) is 5.75 Å². The molecule has 496 valence electrons. The maximum atomic E-state index is 14.7. The Hall–Kier alpha value is -9.61. The third-order valence-corrected chi connectivity index (χ3v) is 14.7. The fourth-order valence-electron chi connectivity index (χ4n) is 10.4. The number of rotatable bonds is 32. The first-order chi connectivity index (χ1) is 45.2. The van der Waals surface area contributed by atoms with Crippen molar-refractivity contribution < 1.29 is 74.9 Å². The van der Waals surface area contributed by atoms with Crippen LogP contribution in [0.1, 0.15) is 117 Å². The van der Waals surface area contributed by atoms with Crippen LogP contribution in [0, 0.1) is 11.8 Å². The number of aromatic amines is 2. The highest BCUT2D eigenvalue weighted by atomic mass is 16.4. The number of H-pyrrole nitrogens is 2. The molecule has 0 spiro atoms. The van der Waals surface area contributed by atoms with Crippen LogP contribution in [-0.2, 0) is 72.0 Å². The first kappa shape index (κ1) is 64.4. The molecule has 4 aromatic rings. The molecule has 2 fully saturated rings. The van der Waals surface area contributed by atoms with Gasteiger partial charge in [0.15, 0.2) is 5.96 Å². The molecule has 91 heavy (non-hydrogen) atoms. The number of aliphatic hydroxyl groups is 1. The molecular weight excluding hydrogens is 1180 g/mol. The number of phenolic OH excluding ortho intramolecular Hbond substituents is 1. The number of benzene rings is 2. The van der Waals surface area contributed by atoms with E-state index in [2.05, 4.69) is 62.5 Å². The summed E-state index contributed by atoms with van der Waals surface area (Å²) in [5.74, 6) is -10.1. The summed E-state index contributed by atoms with van der Waals surface area (Å²) in [6.07, 6.45) is 4.47. The Kier molecular flexibility index (Phi) is 25.1. The zero-order valence-electron chi connectivity index (χ0n) is 56.4. The van der Waals surface area contributed by atoms with E-state index in [1.54, 1.807) is 58.2 Å². The number of phenols is 1. The van der Waals surface area contributed by atoms with Gasteiger partial charge in [-0.05, 0) is 93.0 Å². The number of aliphatic imine (C=N–C) groups is 1. The van der Waals surface area contributed by atoms with E-state index in [9.17, 15) is 58.2 Å². The molecule has 10 amide bonds. The monoisotopic (exact) mass is 1270 g/mol. The van der Waals surface area contributed by atoms with E-state index in [-0.39, 0.29) is 113 Å². The molecule has 2 aliphatic rings. The van der Waals surface area contributed by atoms with Gasteiger partial charge in [-0.3, -0.25) is 57.7 Å². The maximum absolute atomic E-state index is 14.7. The number of aliphatic carboxylic acids is 1. The lowest BCUT2D eigenvalue weighted by Crippen LogP contribution is -2.61. The average Bonchev–Trinajstić information content (AvgIpc) is 1.79. The van der Waals surface area contributed by atoms with Crippen LogP contribution in [-0.4, -0.2) is 187 Å². The van der Waals surface area contributed by atoms with E-state index in [1.807, 2.05) is 5.32 Å². The van der Waals surface area contributed by atoms with Crippen LogP contribution >= 0.6 is 0 Å². The summed E-state index contributed by atoms with van der Waals surface area (Å²) in [5.41, 5.74) is 13.2.